The molecule has 3 amide bonds. The molecule has 3 saturated heterocycles. The van der Waals surface area contributed by atoms with E-state index in [0.29, 0.717) is 49.4 Å². The maximum Gasteiger partial charge on any atom is 0.231 e. The zero-order chi connectivity index (χ0) is 47.2. The van der Waals surface area contributed by atoms with Crippen molar-refractivity contribution in [1.82, 2.24) is 30.0 Å². The number of nitrogens with zero attached hydrogens (tertiary/aromatic N) is 9. The molecule has 4 heterocycles. The van der Waals surface area contributed by atoms with Crippen molar-refractivity contribution in [2.45, 2.75) is 97.9 Å². The van der Waals surface area contributed by atoms with Gasteiger partial charge in [-0.05, 0) is 119 Å². The van der Waals surface area contributed by atoms with Gasteiger partial charge in [0.25, 0.3) is 0 Å². The van der Waals surface area contributed by atoms with Gasteiger partial charge in [-0.3, -0.25) is 24.3 Å². The summed E-state index contributed by atoms with van der Waals surface area (Å²) in [6.07, 6.45) is 13.7. The number of hydrazine groups is 1. The van der Waals surface area contributed by atoms with Gasteiger partial charge in [0.2, 0.25) is 18.2 Å². The van der Waals surface area contributed by atoms with E-state index in [9.17, 15) is 19.2 Å². The normalized spacial score (nSPS) is 19.0. The lowest BCUT2D eigenvalue weighted by Gasteiger charge is -2.41. The molecule has 2 unspecified atom stereocenters. The minimum Gasteiger partial charge on any atom is -0.371 e. The van der Waals surface area contributed by atoms with E-state index in [0.717, 1.165) is 124 Å². The number of aryl methyl sites for hydroxylation is 1. The number of nitrogens with one attached hydrogen (secondary N) is 2. The van der Waals surface area contributed by atoms with Gasteiger partial charge in [0.1, 0.15) is 13.0 Å². The second kappa shape index (κ2) is 24.1. The minimum absolute atomic E-state index is 0.00399. The molecule has 4 aliphatic rings. The average molecular weight is 904 g/mol. The predicted octanol–water partition coefficient (Wildman–Crippen LogP) is 6.56. The standard InChI is InChI=1S/C51H73N11O4/c1-8-24-60(36-64)62(47-20-14-37(4)49(56-47)40(9-2)10-3)50(38(5)31-52-6)55-35-54-41-15-17-42(18-16-41)58-29-27-57(28-30-58)32-39-22-25-59(26-23-39)46-13-11-12-44-45(46)33-61(51(44)66)43(34-63)19-21-48(65)53-7/h11,13-18,20,31,34,36,39-40,43-44,54H,6,8-10,12,19,21-30,32-33,35H2,1-5,7H3,(H,53,65)/b38-31-,55-50+. The zero-order valence-corrected chi connectivity index (χ0v) is 40.3. The minimum atomic E-state index is -0.586. The molecule has 0 saturated carbocycles. The second-order valence-electron chi connectivity index (χ2n) is 18.0. The van der Waals surface area contributed by atoms with E-state index >= 15 is 0 Å². The van der Waals surface area contributed by atoms with Crippen LogP contribution in [-0.2, 0) is 19.2 Å². The van der Waals surface area contributed by atoms with Crippen LogP contribution in [0.5, 0.6) is 0 Å². The summed E-state index contributed by atoms with van der Waals surface area (Å²) in [5.74, 6) is 1.80. The monoisotopic (exact) mass is 904 g/mol. The fourth-order valence-corrected chi connectivity index (χ4v) is 9.93. The summed E-state index contributed by atoms with van der Waals surface area (Å²) in [6.45, 7) is 22.3. The molecule has 1 aromatic carbocycles. The molecule has 6 rings (SSSR count). The van der Waals surface area contributed by atoms with Crippen molar-refractivity contribution in [3.8, 4) is 0 Å². The highest BCUT2D eigenvalue weighted by Gasteiger charge is 2.42. The smallest absolute Gasteiger partial charge is 0.231 e. The summed E-state index contributed by atoms with van der Waals surface area (Å²) in [4.78, 5) is 73.4. The average Bonchev–Trinajstić information content (AvgIpc) is 3.68. The van der Waals surface area contributed by atoms with Crippen LogP contribution in [0.15, 0.2) is 81.6 Å². The van der Waals surface area contributed by atoms with Gasteiger partial charge in [-0.2, -0.15) is 0 Å². The van der Waals surface area contributed by atoms with E-state index in [4.69, 9.17) is 9.98 Å². The van der Waals surface area contributed by atoms with Gasteiger partial charge in [-0.1, -0.05) is 32.9 Å². The van der Waals surface area contributed by atoms with E-state index in [1.165, 1.54) is 5.69 Å². The quantitative estimate of drug-likeness (QED) is 0.0577. The Hall–Kier alpha value is -5.83. The molecule has 2 atom stereocenters. The molecule has 1 aromatic heterocycles. The van der Waals surface area contributed by atoms with Gasteiger partial charge in [-0.15, -0.1) is 0 Å². The highest BCUT2D eigenvalue weighted by Crippen LogP contribution is 2.38. The maximum atomic E-state index is 13.5. The number of fused-ring (bicyclic) bond motifs is 1. The molecule has 15 nitrogen and oxygen atoms in total. The van der Waals surface area contributed by atoms with Gasteiger partial charge >= 0.3 is 0 Å². The Labute approximate surface area is 392 Å². The topological polar surface area (TPSA) is 149 Å². The Morgan fingerprint density at radius 2 is 1.73 bits per heavy atom. The molecule has 66 heavy (non-hydrogen) atoms. The summed E-state index contributed by atoms with van der Waals surface area (Å²) in [5.41, 5.74) is 7.35. The molecule has 2 N–H and O–H groups in total. The number of carbonyl (C=O) groups is 4. The Balaban J connectivity index is 1.02. The van der Waals surface area contributed by atoms with Gasteiger partial charge in [0.15, 0.2) is 11.7 Å². The molecule has 0 spiro atoms. The largest absolute Gasteiger partial charge is 0.371 e. The maximum absolute atomic E-state index is 13.5. The van der Waals surface area contributed by atoms with E-state index in [-0.39, 0.29) is 30.8 Å². The Bertz CT molecular complexity index is 2110. The Morgan fingerprint density at radius 3 is 2.36 bits per heavy atom. The summed E-state index contributed by atoms with van der Waals surface area (Å²) in [6, 6.07) is 12.0. The van der Waals surface area contributed by atoms with Crippen molar-refractivity contribution in [2.24, 2.45) is 21.8 Å². The Kier molecular flexibility index (Phi) is 18.1. The van der Waals surface area contributed by atoms with E-state index in [1.807, 2.05) is 24.9 Å². The van der Waals surface area contributed by atoms with Crippen LogP contribution >= 0.6 is 0 Å². The third kappa shape index (κ3) is 11.9. The second-order valence-corrected chi connectivity index (χ2v) is 18.0. The lowest BCUT2D eigenvalue weighted by molar-refractivity contribution is -0.136. The van der Waals surface area contributed by atoms with Crippen LogP contribution in [-0.4, -0.2) is 140 Å². The van der Waals surface area contributed by atoms with E-state index in [1.54, 1.807) is 23.2 Å². The van der Waals surface area contributed by atoms with Gasteiger partial charge in [0.05, 0.1) is 12.0 Å². The molecule has 0 radical (unpaired) electrons. The summed E-state index contributed by atoms with van der Waals surface area (Å²) in [7, 11) is 1.58. The molecule has 15 heteroatoms. The zero-order valence-electron chi connectivity index (χ0n) is 40.3. The van der Waals surface area contributed by atoms with Crippen LogP contribution in [0.25, 0.3) is 0 Å². The van der Waals surface area contributed by atoms with E-state index in [2.05, 4.69) is 100 Å². The molecular formula is C51H73N11O4. The number of amidine groups is 1. The van der Waals surface area contributed by atoms with Crippen molar-refractivity contribution < 1.29 is 19.2 Å². The summed E-state index contributed by atoms with van der Waals surface area (Å²) < 4.78 is 0. The highest BCUT2D eigenvalue weighted by molar-refractivity contribution is 6.09. The first-order valence-electron chi connectivity index (χ1n) is 24.2. The number of piperidine rings is 1. The first kappa shape index (κ1) is 49.6. The number of carbonyl (C=O) groups excluding carboxylic acids is 4. The SMILES string of the molecule is C=N/C=C(C)\C(=N/CNc1ccc(N2CCN(CC3CCN(C4=C5CN(C(C=O)CCC(=O)NC)C(=O)C5CC=C4)CC3)CC2)cc1)N(c1ccc(C)c(C(CC)CC)n1)N(C=O)CCC. The number of hydrogen-bond acceptors (Lipinski definition) is 11. The predicted molar refractivity (Wildman–Crippen MR) is 266 cm³/mol. The molecule has 0 bridgehead atoms. The first-order chi connectivity index (χ1) is 32.1. The highest BCUT2D eigenvalue weighted by atomic mass is 16.2. The van der Waals surface area contributed by atoms with Crippen LogP contribution in [0.1, 0.15) is 96.2 Å². The van der Waals surface area contributed by atoms with Gasteiger partial charge in [-0.25, -0.2) is 20.0 Å². The lowest BCUT2D eigenvalue weighted by Crippen LogP contribution is -2.48. The van der Waals surface area contributed by atoms with Crippen molar-refractivity contribution in [3.63, 3.8) is 0 Å². The van der Waals surface area contributed by atoms with E-state index < -0.39 is 6.04 Å². The number of aromatic nitrogens is 1. The number of anilines is 3. The van der Waals surface area contributed by atoms with Crippen LogP contribution in [0.4, 0.5) is 17.2 Å². The van der Waals surface area contributed by atoms with Crippen molar-refractivity contribution in [2.75, 3.05) is 87.8 Å². The van der Waals surface area contributed by atoms with Gasteiger partial charge in [0, 0.05) is 113 Å². The van der Waals surface area contributed by atoms with Gasteiger partial charge < -0.3 is 30.1 Å². The van der Waals surface area contributed by atoms with Crippen molar-refractivity contribution in [1.29, 1.82) is 0 Å². The number of aliphatic imine (C=N–C) groups is 2. The molecule has 356 valence electrons. The lowest BCUT2D eigenvalue weighted by atomic mass is 9.89. The fourth-order valence-electron chi connectivity index (χ4n) is 9.93. The van der Waals surface area contributed by atoms with Crippen LogP contribution in [0.2, 0.25) is 0 Å². The summed E-state index contributed by atoms with van der Waals surface area (Å²) in [5, 5.41) is 9.52. The number of amides is 3. The number of benzene rings is 1. The number of allylic oxidation sites excluding steroid dienone is 2. The number of hydrogen-bond donors (Lipinski definition) is 2. The third-order valence-electron chi connectivity index (χ3n) is 13.8. The molecule has 3 aliphatic heterocycles. The molecule has 3 fully saturated rings. The molecule has 1 aliphatic carbocycles. The molecular weight excluding hydrogens is 831 g/mol. The van der Waals surface area contributed by atoms with Crippen LogP contribution < -0.4 is 20.5 Å². The third-order valence-corrected chi connectivity index (χ3v) is 13.8. The number of piperazine rings is 1. The van der Waals surface area contributed by atoms with Crippen LogP contribution in [0, 0.1) is 18.8 Å². The number of rotatable bonds is 22. The number of aldehydes is 1. The fraction of sp³-hybridized carbons (Fsp3) is 0.549. The number of likely N-dealkylation sites (tertiary alicyclic amines) is 2. The Morgan fingerprint density at radius 1 is 1.00 bits per heavy atom. The van der Waals surface area contributed by atoms with Crippen molar-refractivity contribution >= 4 is 54.3 Å². The summed E-state index contributed by atoms with van der Waals surface area (Å²) >= 11 is 0. The number of pyridine rings is 1. The van der Waals surface area contributed by atoms with Crippen LogP contribution in [0.3, 0.4) is 0 Å². The van der Waals surface area contributed by atoms with Crippen molar-refractivity contribution in [3.05, 3.63) is 82.9 Å². The molecule has 2 aromatic rings. The first-order valence-corrected chi connectivity index (χ1v) is 24.2.